The van der Waals surface area contributed by atoms with Gasteiger partial charge in [-0.3, -0.25) is 9.59 Å². The van der Waals surface area contributed by atoms with Crippen molar-refractivity contribution in [3.05, 3.63) is 81.7 Å². The molecule has 1 aromatic carbocycles. The van der Waals surface area contributed by atoms with Crippen LogP contribution in [0.25, 0.3) is 0 Å². The molecule has 0 unspecified atom stereocenters. The number of hydrogen-bond acceptors (Lipinski definition) is 6. The van der Waals surface area contributed by atoms with E-state index >= 15 is 0 Å². The van der Waals surface area contributed by atoms with E-state index in [0.717, 1.165) is 33.8 Å². The SMILES string of the molecule is CC(C)c1cc(C(=O)Cc2ccc(CC(=O)O)cc2)oc1C(C)C.CC(C)c1cc(C(=O)O)oc1C(C)C.[Li+].[OH-]. The summed E-state index contributed by atoms with van der Waals surface area (Å²) in [5, 5.41) is 17.6. The van der Waals surface area contributed by atoms with Gasteiger partial charge in [-0.15, -0.1) is 0 Å². The molecule has 2 aromatic heterocycles. The van der Waals surface area contributed by atoms with Crippen LogP contribution in [0.4, 0.5) is 0 Å². The Morgan fingerprint density at radius 1 is 0.650 bits per heavy atom. The number of benzene rings is 1. The van der Waals surface area contributed by atoms with Crippen LogP contribution in [0, 0.1) is 0 Å². The molecule has 0 amide bonds. The number of hydrogen-bond donors (Lipinski definition) is 2. The van der Waals surface area contributed by atoms with Crippen molar-refractivity contribution in [1.82, 2.24) is 0 Å². The van der Waals surface area contributed by atoms with Crippen LogP contribution in [0.3, 0.4) is 0 Å². The molecule has 0 fully saturated rings. The van der Waals surface area contributed by atoms with Gasteiger partial charge in [0.1, 0.15) is 11.5 Å². The Bertz CT molecular complexity index is 1200. The van der Waals surface area contributed by atoms with E-state index in [1.807, 2.05) is 33.8 Å². The van der Waals surface area contributed by atoms with Crippen LogP contribution in [0.1, 0.15) is 134 Å². The average Bonchev–Trinajstić information content (AvgIpc) is 3.46. The number of carboxylic acid groups (broad SMARTS) is 2. The molecule has 40 heavy (non-hydrogen) atoms. The van der Waals surface area contributed by atoms with E-state index in [9.17, 15) is 14.4 Å². The number of carboxylic acids is 2. The summed E-state index contributed by atoms with van der Waals surface area (Å²) in [4.78, 5) is 33.9. The van der Waals surface area contributed by atoms with Gasteiger partial charge in [0.25, 0.3) is 0 Å². The zero-order valence-electron chi connectivity index (χ0n) is 25.1. The smallest absolute Gasteiger partial charge is 0.870 e. The summed E-state index contributed by atoms with van der Waals surface area (Å²) in [6.45, 7) is 16.3. The maximum Gasteiger partial charge on any atom is 1.00 e. The van der Waals surface area contributed by atoms with Crippen LogP contribution in [0.15, 0.2) is 45.2 Å². The molecule has 0 aliphatic heterocycles. The summed E-state index contributed by atoms with van der Waals surface area (Å²) in [7, 11) is 0. The third kappa shape index (κ3) is 10.2. The van der Waals surface area contributed by atoms with E-state index in [1.54, 1.807) is 30.3 Å². The minimum Gasteiger partial charge on any atom is -0.870 e. The van der Waals surface area contributed by atoms with Gasteiger partial charge in [-0.05, 0) is 46.2 Å². The van der Waals surface area contributed by atoms with Gasteiger partial charge >= 0.3 is 30.8 Å². The molecule has 0 bridgehead atoms. The molecule has 3 rings (SSSR count). The quantitative estimate of drug-likeness (QED) is 0.275. The molecule has 0 saturated carbocycles. The number of Topliss-reactive ketones (excluding diaryl/α,β-unsaturated/α-hetero) is 1. The average molecular weight is 549 g/mol. The maximum atomic E-state index is 12.5. The second-order valence-electron chi connectivity index (χ2n) is 10.8. The summed E-state index contributed by atoms with van der Waals surface area (Å²) in [5.41, 5.74) is 3.66. The molecule has 3 N–H and O–H groups in total. The van der Waals surface area contributed by atoms with E-state index in [2.05, 4.69) is 27.7 Å². The minimum absolute atomic E-state index is 0. The molecule has 3 aromatic rings. The number of furan rings is 2. The maximum absolute atomic E-state index is 12.5. The Hall–Kier alpha value is -3.05. The first-order valence-electron chi connectivity index (χ1n) is 13.0. The molecule has 214 valence electrons. The number of carbonyl (C=O) groups excluding carboxylic acids is 1. The largest absolute Gasteiger partial charge is 1.00 e. The van der Waals surface area contributed by atoms with Crippen LogP contribution >= 0.6 is 0 Å². The molecular weight excluding hydrogens is 507 g/mol. The van der Waals surface area contributed by atoms with Gasteiger partial charge in [-0.25, -0.2) is 4.79 Å². The van der Waals surface area contributed by atoms with E-state index in [-0.39, 0.29) is 60.6 Å². The molecule has 0 aliphatic carbocycles. The first-order chi connectivity index (χ1) is 17.7. The summed E-state index contributed by atoms with van der Waals surface area (Å²) >= 11 is 0. The van der Waals surface area contributed by atoms with Crippen molar-refractivity contribution in [1.29, 1.82) is 0 Å². The molecular formula is C31H41LiO8. The minimum atomic E-state index is -1.00. The van der Waals surface area contributed by atoms with Crippen molar-refractivity contribution in [2.75, 3.05) is 0 Å². The van der Waals surface area contributed by atoms with Crippen LogP contribution in [-0.4, -0.2) is 33.4 Å². The van der Waals surface area contributed by atoms with E-state index < -0.39 is 11.9 Å². The number of aliphatic carboxylic acids is 1. The van der Waals surface area contributed by atoms with Crippen LogP contribution < -0.4 is 18.9 Å². The van der Waals surface area contributed by atoms with Gasteiger partial charge in [0, 0.05) is 18.3 Å². The number of ketones is 1. The van der Waals surface area contributed by atoms with Gasteiger partial charge in [0.05, 0.1) is 6.42 Å². The first kappa shape index (κ1) is 36.9. The van der Waals surface area contributed by atoms with Crippen molar-refractivity contribution < 1.29 is 57.8 Å². The summed E-state index contributed by atoms with van der Waals surface area (Å²) in [6, 6.07) is 10.6. The summed E-state index contributed by atoms with van der Waals surface area (Å²) in [5.74, 6) is 1.24. The standard InChI is InChI=1S/C20H24O4.C11H16O3.Li.H2O/c1-12(2)16-11-18(24-20(16)13(3)4)17(21)9-14-5-7-15(8-6-14)10-19(22)23;1-6(2)8-5-9(11(12)13)14-10(8)7(3)4;;/h5-8,11-13H,9-10H2,1-4H3,(H,22,23);5-7H,1-4H3,(H,12,13);;1H2/q;;+1;/p-1. The molecule has 8 nitrogen and oxygen atoms in total. The van der Waals surface area contributed by atoms with E-state index in [4.69, 9.17) is 19.0 Å². The van der Waals surface area contributed by atoms with Crippen LogP contribution in [0.5, 0.6) is 0 Å². The van der Waals surface area contributed by atoms with Crippen molar-refractivity contribution in [2.24, 2.45) is 0 Å². The second-order valence-corrected chi connectivity index (χ2v) is 10.8. The Morgan fingerprint density at radius 3 is 1.35 bits per heavy atom. The zero-order chi connectivity index (χ0) is 28.7. The van der Waals surface area contributed by atoms with E-state index in [1.165, 1.54) is 0 Å². The van der Waals surface area contributed by atoms with Crippen molar-refractivity contribution in [2.45, 2.75) is 91.9 Å². The Morgan fingerprint density at radius 2 is 1.02 bits per heavy atom. The Labute approximate surface area is 248 Å². The fourth-order valence-electron chi connectivity index (χ4n) is 4.11. The second kappa shape index (κ2) is 16.3. The summed E-state index contributed by atoms with van der Waals surface area (Å²) < 4.78 is 11.1. The number of carbonyl (C=O) groups is 3. The van der Waals surface area contributed by atoms with Gasteiger partial charge in [-0.1, -0.05) is 79.7 Å². The van der Waals surface area contributed by atoms with Crippen molar-refractivity contribution >= 4 is 17.7 Å². The molecule has 0 atom stereocenters. The molecule has 0 aliphatic rings. The fraction of sp³-hybridized carbons (Fsp3) is 0.452. The fourth-order valence-corrected chi connectivity index (χ4v) is 4.11. The predicted molar refractivity (Wildman–Crippen MR) is 148 cm³/mol. The zero-order valence-corrected chi connectivity index (χ0v) is 25.1. The Balaban J connectivity index is 0.000000819. The van der Waals surface area contributed by atoms with Crippen LogP contribution in [0.2, 0.25) is 0 Å². The topological polar surface area (TPSA) is 148 Å². The van der Waals surface area contributed by atoms with Gasteiger partial charge in [0.15, 0.2) is 5.76 Å². The number of aromatic carboxylic acids is 1. The molecule has 0 radical (unpaired) electrons. The third-order valence-electron chi connectivity index (χ3n) is 6.10. The molecule has 0 saturated heterocycles. The van der Waals surface area contributed by atoms with Crippen molar-refractivity contribution in [3.8, 4) is 0 Å². The normalized spacial score (nSPS) is 10.7. The monoisotopic (exact) mass is 548 g/mol. The number of rotatable bonds is 10. The predicted octanol–water partition coefficient (Wildman–Crippen LogP) is 4.63. The van der Waals surface area contributed by atoms with E-state index in [0.29, 0.717) is 17.6 Å². The first-order valence-corrected chi connectivity index (χ1v) is 13.0. The van der Waals surface area contributed by atoms with Gasteiger partial charge in [0.2, 0.25) is 11.5 Å². The Kier molecular flexibility index (Phi) is 15.0. The van der Waals surface area contributed by atoms with Gasteiger partial charge in [-0.2, -0.15) is 0 Å². The summed E-state index contributed by atoms with van der Waals surface area (Å²) in [6.07, 6.45) is 0.234. The van der Waals surface area contributed by atoms with Gasteiger partial charge < -0.3 is 24.5 Å². The third-order valence-corrected chi connectivity index (χ3v) is 6.10. The van der Waals surface area contributed by atoms with Crippen molar-refractivity contribution in [3.63, 3.8) is 0 Å². The molecule has 0 spiro atoms. The molecule has 9 heteroatoms. The molecule has 2 heterocycles. The van der Waals surface area contributed by atoms with Crippen LogP contribution in [-0.2, 0) is 17.6 Å².